The average Bonchev–Trinajstić information content (AvgIpc) is 2.56. The SMILES string of the molecule is C=Cc1ccc([Si](C)O[Si](C)(C)Cc2ccc(O)c(OC)c2)cc1. The highest BCUT2D eigenvalue weighted by molar-refractivity contribution is 6.81. The molecule has 5 heteroatoms. The molecule has 0 bridgehead atoms. The predicted octanol–water partition coefficient (Wildman–Crippen LogP) is 3.88. The lowest BCUT2D eigenvalue weighted by Crippen LogP contribution is -2.44. The lowest BCUT2D eigenvalue weighted by molar-refractivity contribution is 0.373. The topological polar surface area (TPSA) is 38.7 Å². The van der Waals surface area contributed by atoms with Gasteiger partial charge in [0, 0.05) is 0 Å². The molecule has 1 radical (unpaired) electrons. The summed E-state index contributed by atoms with van der Waals surface area (Å²) in [4.78, 5) is 0. The molecule has 0 heterocycles. The Labute approximate surface area is 147 Å². The second-order valence-corrected chi connectivity index (χ2v) is 12.8. The quantitative estimate of drug-likeness (QED) is 0.765. The van der Waals surface area contributed by atoms with Crippen LogP contribution in [0.3, 0.4) is 0 Å². The van der Waals surface area contributed by atoms with Gasteiger partial charge in [-0.1, -0.05) is 43.0 Å². The number of hydrogen-bond acceptors (Lipinski definition) is 3. The molecule has 2 rings (SSSR count). The lowest BCUT2D eigenvalue weighted by atomic mass is 10.2. The van der Waals surface area contributed by atoms with Crippen LogP contribution in [-0.2, 0) is 10.2 Å². The summed E-state index contributed by atoms with van der Waals surface area (Å²) in [6.45, 7) is 10.5. The summed E-state index contributed by atoms with van der Waals surface area (Å²) >= 11 is 0. The van der Waals surface area contributed by atoms with Crippen LogP contribution in [0.4, 0.5) is 0 Å². The van der Waals surface area contributed by atoms with Gasteiger partial charge in [-0.25, -0.2) is 0 Å². The van der Waals surface area contributed by atoms with E-state index in [4.69, 9.17) is 8.85 Å². The van der Waals surface area contributed by atoms with Gasteiger partial charge in [-0.2, -0.15) is 0 Å². The summed E-state index contributed by atoms with van der Waals surface area (Å²) in [7, 11) is -1.35. The predicted molar refractivity (Wildman–Crippen MR) is 105 cm³/mol. The summed E-state index contributed by atoms with van der Waals surface area (Å²) in [6, 6.07) is 14.9. The van der Waals surface area contributed by atoms with Crippen molar-refractivity contribution in [3.05, 3.63) is 60.2 Å². The van der Waals surface area contributed by atoms with Crippen LogP contribution in [0, 0.1) is 0 Å². The van der Waals surface area contributed by atoms with Gasteiger partial charge >= 0.3 is 0 Å². The third kappa shape index (κ3) is 4.83. The van der Waals surface area contributed by atoms with E-state index in [-0.39, 0.29) is 5.75 Å². The van der Waals surface area contributed by atoms with E-state index in [2.05, 4.69) is 50.5 Å². The van der Waals surface area contributed by atoms with Crippen molar-refractivity contribution in [3.63, 3.8) is 0 Å². The van der Waals surface area contributed by atoms with Crippen LogP contribution in [0.5, 0.6) is 11.5 Å². The minimum Gasteiger partial charge on any atom is -0.504 e. The summed E-state index contributed by atoms with van der Waals surface area (Å²) in [5.74, 6) is 0.684. The number of aromatic hydroxyl groups is 1. The van der Waals surface area contributed by atoms with E-state index >= 15 is 0 Å². The third-order valence-corrected chi connectivity index (χ3v) is 9.70. The Kier molecular flexibility index (Phi) is 6.04. The van der Waals surface area contributed by atoms with Gasteiger partial charge in [-0.05, 0) is 54.1 Å². The Balaban J connectivity index is 2.07. The zero-order valence-corrected chi connectivity index (χ0v) is 16.8. The summed E-state index contributed by atoms with van der Waals surface area (Å²) in [5.41, 5.74) is 2.26. The Bertz CT molecular complexity index is 696. The Hall–Kier alpha value is -1.83. The second kappa shape index (κ2) is 7.83. The first-order chi connectivity index (χ1) is 11.3. The van der Waals surface area contributed by atoms with Gasteiger partial charge in [-0.3, -0.25) is 0 Å². The summed E-state index contributed by atoms with van der Waals surface area (Å²) in [6.07, 6.45) is 1.85. The molecule has 0 saturated heterocycles. The summed E-state index contributed by atoms with van der Waals surface area (Å²) in [5, 5.41) is 11.0. The minimum atomic E-state index is -1.88. The Morgan fingerprint density at radius 1 is 1.17 bits per heavy atom. The number of benzene rings is 2. The zero-order chi connectivity index (χ0) is 17.7. The van der Waals surface area contributed by atoms with Crippen molar-refractivity contribution in [2.24, 2.45) is 0 Å². The van der Waals surface area contributed by atoms with Crippen LogP contribution >= 0.6 is 0 Å². The molecule has 24 heavy (non-hydrogen) atoms. The van der Waals surface area contributed by atoms with E-state index in [9.17, 15) is 5.11 Å². The fourth-order valence-corrected chi connectivity index (χ4v) is 8.60. The highest BCUT2D eigenvalue weighted by atomic mass is 28.4. The number of rotatable bonds is 7. The molecule has 0 unspecified atom stereocenters. The van der Waals surface area contributed by atoms with Gasteiger partial charge in [0.1, 0.15) is 0 Å². The lowest BCUT2D eigenvalue weighted by Gasteiger charge is -2.27. The van der Waals surface area contributed by atoms with Crippen molar-refractivity contribution in [1.82, 2.24) is 0 Å². The molecule has 2 aromatic carbocycles. The molecular formula is C19H25O3Si2. The monoisotopic (exact) mass is 357 g/mol. The van der Waals surface area contributed by atoms with Gasteiger partial charge in [0.15, 0.2) is 19.8 Å². The van der Waals surface area contributed by atoms with Crippen molar-refractivity contribution in [2.45, 2.75) is 25.7 Å². The molecule has 127 valence electrons. The first kappa shape index (κ1) is 18.5. The van der Waals surface area contributed by atoms with Crippen LogP contribution < -0.4 is 9.92 Å². The molecule has 0 aliphatic rings. The number of phenols is 1. The van der Waals surface area contributed by atoms with Crippen molar-refractivity contribution in [3.8, 4) is 11.5 Å². The zero-order valence-electron chi connectivity index (χ0n) is 14.8. The molecule has 0 amide bonds. The van der Waals surface area contributed by atoms with Gasteiger partial charge < -0.3 is 14.0 Å². The highest BCUT2D eigenvalue weighted by Crippen LogP contribution is 2.28. The molecule has 0 aromatic heterocycles. The first-order valence-electron chi connectivity index (χ1n) is 7.96. The first-order valence-corrected chi connectivity index (χ1v) is 13.0. The minimum absolute atomic E-state index is 0.171. The van der Waals surface area contributed by atoms with Gasteiger partial charge in [0.05, 0.1) is 7.11 Å². The molecule has 0 aliphatic heterocycles. The van der Waals surface area contributed by atoms with Crippen LogP contribution in [-0.4, -0.2) is 29.6 Å². The van der Waals surface area contributed by atoms with E-state index in [0.29, 0.717) is 5.75 Å². The number of ether oxygens (including phenoxy) is 1. The van der Waals surface area contributed by atoms with Crippen LogP contribution in [0.1, 0.15) is 11.1 Å². The molecular weight excluding hydrogens is 332 g/mol. The maximum atomic E-state index is 9.72. The number of methoxy groups -OCH3 is 1. The molecule has 0 atom stereocenters. The van der Waals surface area contributed by atoms with E-state index in [1.807, 2.05) is 18.2 Å². The van der Waals surface area contributed by atoms with E-state index in [1.165, 1.54) is 5.19 Å². The fourth-order valence-electron chi connectivity index (χ4n) is 2.69. The maximum Gasteiger partial charge on any atom is 0.231 e. The summed E-state index contributed by atoms with van der Waals surface area (Å²) < 4.78 is 11.7. The van der Waals surface area contributed by atoms with Crippen LogP contribution in [0.15, 0.2) is 49.0 Å². The van der Waals surface area contributed by atoms with Crippen LogP contribution in [0.25, 0.3) is 6.08 Å². The molecule has 3 nitrogen and oxygen atoms in total. The second-order valence-electron chi connectivity index (χ2n) is 6.43. The molecule has 2 aromatic rings. The van der Waals surface area contributed by atoms with E-state index in [1.54, 1.807) is 13.2 Å². The normalized spacial score (nSPS) is 11.5. The number of hydrogen-bond donors (Lipinski definition) is 1. The fraction of sp³-hybridized carbons (Fsp3) is 0.263. The molecule has 0 saturated carbocycles. The molecule has 1 N–H and O–H groups in total. The van der Waals surface area contributed by atoms with Crippen molar-refractivity contribution >= 4 is 28.6 Å². The van der Waals surface area contributed by atoms with E-state index in [0.717, 1.165) is 17.2 Å². The van der Waals surface area contributed by atoms with Crippen LogP contribution in [0.2, 0.25) is 19.6 Å². The van der Waals surface area contributed by atoms with Gasteiger partial charge in [0.2, 0.25) is 9.04 Å². The highest BCUT2D eigenvalue weighted by Gasteiger charge is 2.27. The Morgan fingerprint density at radius 3 is 2.42 bits per heavy atom. The van der Waals surface area contributed by atoms with Gasteiger partial charge in [-0.15, -0.1) is 0 Å². The Morgan fingerprint density at radius 2 is 1.83 bits per heavy atom. The maximum absolute atomic E-state index is 9.72. The molecule has 0 spiro atoms. The molecule has 0 fully saturated rings. The van der Waals surface area contributed by atoms with Crippen molar-refractivity contribution in [2.75, 3.05) is 7.11 Å². The van der Waals surface area contributed by atoms with E-state index < -0.39 is 17.4 Å². The third-order valence-electron chi connectivity index (χ3n) is 3.86. The number of phenolic OH excluding ortho intramolecular Hbond substituents is 1. The largest absolute Gasteiger partial charge is 0.504 e. The standard InChI is InChI=1S/C19H25O3Si2/c1-6-15-7-10-17(11-8-15)23(3)22-24(4,5)14-16-9-12-18(20)19(13-16)21-2/h6-13,20H,1,14H2,2-5H3. The molecule has 0 aliphatic carbocycles. The van der Waals surface area contributed by atoms with Crippen molar-refractivity contribution in [1.29, 1.82) is 0 Å². The van der Waals surface area contributed by atoms with Gasteiger partial charge in [0.25, 0.3) is 0 Å². The smallest absolute Gasteiger partial charge is 0.231 e. The van der Waals surface area contributed by atoms with Crippen molar-refractivity contribution < 1.29 is 14.0 Å². The average molecular weight is 358 g/mol.